The predicted octanol–water partition coefficient (Wildman–Crippen LogP) is 7.13. The molecule has 0 spiro atoms. The molecule has 204 valence electrons. The molecule has 0 saturated carbocycles. The lowest BCUT2D eigenvalue weighted by Gasteiger charge is -2.41. The number of methoxy groups -OCH3 is 1. The molecule has 1 aromatic heterocycles. The van der Waals surface area contributed by atoms with E-state index in [0.29, 0.717) is 0 Å². The fourth-order valence-corrected chi connectivity index (χ4v) is 5.29. The highest BCUT2D eigenvalue weighted by Gasteiger charge is 2.30. The number of hydrogen-bond donors (Lipinski definition) is 1. The Kier molecular flexibility index (Phi) is 12.1. The molecule has 8 heteroatoms. The van der Waals surface area contributed by atoms with Crippen LogP contribution in [0.4, 0.5) is 0 Å². The Morgan fingerprint density at radius 2 is 1.24 bits per heavy atom. The van der Waals surface area contributed by atoms with E-state index in [9.17, 15) is 0 Å². The first-order valence-electron chi connectivity index (χ1n) is 12.4. The number of rotatable bonds is 7. The third-order valence-corrected chi connectivity index (χ3v) is 7.17. The Bertz CT molecular complexity index is 1210. The fourth-order valence-electron chi connectivity index (χ4n) is 5.29. The zero-order valence-corrected chi connectivity index (χ0v) is 24.5. The van der Waals surface area contributed by atoms with Gasteiger partial charge in [-0.2, -0.15) is 0 Å². The van der Waals surface area contributed by atoms with Crippen LogP contribution >= 0.6 is 37.2 Å². The molecule has 5 rings (SSSR count). The van der Waals surface area contributed by atoms with Crippen molar-refractivity contribution < 1.29 is 4.74 Å². The molecular weight excluding hydrogens is 539 g/mol. The first kappa shape index (κ1) is 31.7. The molecule has 0 aliphatic carbocycles. The summed E-state index contributed by atoms with van der Waals surface area (Å²) in [7, 11) is 1.70. The highest BCUT2D eigenvalue weighted by atomic mass is 35.5. The first-order valence-corrected chi connectivity index (χ1v) is 12.4. The molecule has 1 saturated heterocycles. The summed E-state index contributed by atoms with van der Waals surface area (Å²) >= 11 is 0. The number of piperazine rings is 1. The van der Waals surface area contributed by atoms with Crippen molar-refractivity contribution in [1.29, 1.82) is 0 Å². The minimum Gasteiger partial charge on any atom is -0.496 e. The van der Waals surface area contributed by atoms with Gasteiger partial charge < -0.3 is 9.72 Å². The lowest BCUT2D eigenvalue weighted by Crippen LogP contribution is -2.48. The molecule has 1 atom stereocenters. The van der Waals surface area contributed by atoms with Gasteiger partial charge in [-0.15, -0.1) is 37.2 Å². The Morgan fingerprint density at radius 1 is 0.737 bits per heavy atom. The first-order chi connectivity index (χ1) is 17.2. The van der Waals surface area contributed by atoms with Gasteiger partial charge in [0.15, 0.2) is 0 Å². The number of ether oxygens (including phenoxy) is 1. The number of nitrogens with zero attached hydrogens (tertiary/aromatic N) is 3. The Morgan fingerprint density at radius 3 is 1.79 bits per heavy atom. The van der Waals surface area contributed by atoms with E-state index in [1.54, 1.807) is 7.11 Å². The lowest BCUT2D eigenvalue weighted by atomic mass is 9.96. The number of halogens is 3. The van der Waals surface area contributed by atoms with Crippen LogP contribution in [0.1, 0.15) is 41.5 Å². The maximum Gasteiger partial charge on any atom is 0.141 e. The summed E-state index contributed by atoms with van der Waals surface area (Å²) in [5, 5.41) is 0. The number of imidazole rings is 1. The van der Waals surface area contributed by atoms with E-state index in [-0.39, 0.29) is 49.3 Å². The van der Waals surface area contributed by atoms with Gasteiger partial charge in [-0.25, -0.2) is 4.98 Å². The van der Waals surface area contributed by atoms with Crippen LogP contribution in [0.3, 0.4) is 0 Å². The number of benzene rings is 3. The van der Waals surface area contributed by atoms with Crippen molar-refractivity contribution in [3.8, 4) is 17.1 Å². The van der Waals surface area contributed by atoms with Crippen LogP contribution in [0, 0.1) is 6.92 Å². The second-order valence-corrected chi connectivity index (χ2v) is 9.27. The Hall–Kier alpha value is -2.54. The van der Waals surface area contributed by atoms with Gasteiger partial charge in [0.25, 0.3) is 0 Å². The number of H-pyrrole nitrogens is 1. The number of aromatic amines is 1. The van der Waals surface area contributed by atoms with Gasteiger partial charge in [-0.1, -0.05) is 72.8 Å². The molecule has 0 amide bonds. The Balaban J connectivity index is 0.00000169. The van der Waals surface area contributed by atoms with Crippen LogP contribution in [0.5, 0.6) is 5.75 Å². The molecule has 38 heavy (non-hydrogen) atoms. The van der Waals surface area contributed by atoms with Crippen molar-refractivity contribution in [1.82, 2.24) is 19.8 Å². The van der Waals surface area contributed by atoms with Crippen LogP contribution in [-0.2, 0) is 0 Å². The number of hydrogen-bond acceptors (Lipinski definition) is 4. The molecule has 1 N–H and O–H groups in total. The van der Waals surface area contributed by atoms with Crippen LogP contribution in [0.25, 0.3) is 11.4 Å². The maximum absolute atomic E-state index is 5.56. The second kappa shape index (κ2) is 14.6. The van der Waals surface area contributed by atoms with Crippen molar-refractivity contribution in [2.45, 2.75) is 25.9 Å². The fraction of sp³-hybridized carbons (Fsp3) is 0.300. The third-order valence-electron chi connectivity index (χ3n) is 7.17. The zero-order chi connectivity index (χ0) is 24.2. The zero-order valence-electron chi connectivity index (χ0n) is 22.0. The summed E-state index contributed by atoms with van der Waals surface area (Å²) in [6, 6.07) is 30.3. The SMILES string of the molecule is COc1ccccc1-c1nc(C(C)N2CCN(C(c3ccccc3)c3ccccc3)CC2)c(C)[nH]1.Cl.Cl.Cl. The van der Waals surface area contributed by atoms with Crippen molar-refractivity contribution in [3.63, 3.8) is 0 Å². The average molecular weight is 576 g/mol. The van der Waals surface area contributed by atoms with Gasteiger partial charge in [-0.05, 0) is 37.1 Å². The molecule has 3 aromatic carbocycles. The number of aryl methyl sites for hydroxylation is 1. The highest BCUT2D eigenvalue weighted by Crippen LogP contribution is 2.33. The molecule has 1 fully saturated rings. The molecular formula is C30H37Cl3N4O. The monoisotopic (exact) mass is 574 g/mol. The Labute approximate surface area is 244 Å². The van der Waals surface area contributed by atoms with Crippen molar-refractivity contribution >= 4 is 37.2 Å². The topological polar surface area (TPSA) is 44.4 Å². The van der Waals surface area contributed by atoms with Crippen LogP contribution in [0.15, 0.2) is 84.9 Å². The smallest absolute Gasteiger partial charge is 0.141 e. The summed E-state index contributed by atoms with van der Waals surface area (Å²) in [5.74, 6) is 1.70. The van der Waals surface area contributed by atoms with Gasteiger partial charge in [0.05, 0.1) is 30.5 Å². The van der Waals surface area contributed by atoms with E-state index in [1.165, 1.54) is 11.1 Å². The molecule has 2 heterocycles. The van der Waals surface area contributed by atoms with E-state index >= 15 is 0 Å². The van der Waals surface area contributed by atoms with Gasteiger partial charge in [0.1, 0.15) is 11.6 Å². The van der Waals surface area contributed by atoms with E-state index in [4.69, 9.17) is 9.72 Å². The number of para-hydroxylation sites is 1. The predicted molar refractivity (Wildman–Crippen MR) is 163 cm³/mol. The highest BCUT2D eigenvalue weighted by molar-refractivity contribution is 5.86. The van der Waals surface area contributed by atoms with Crippen LogP contribution in [0.2, 0.25) is 0 Å². The molecule has 1 aliphatic heterocycles. The molecule has 4 aromatic rings. The molecule has 0 radical (unpaired) electrons. The minimum absolute atomic E-state index is 0. The summed E-state index contributed by atoms with van der Waals surface area (Å²) in [4.78, 5) is 13.7. The summed E-state index contributed by atoms with van der Waals surface area (Å²) in [5.41, 5.74) is 5.93. The normalized spacial score (nSPS) is 14.6. The number of nitrogens with one attached hydrogen (secondary N) is 1. The average Bonchev–Trinajstić information content (AvgIpc) is 3.31. The number of aromatic nitrogens is 2. The van der Waals surface area contributed by atoms with Gasteiger partial charge in [0, 0.05) is 31.9 Å². The van der Waals surface area contributed by atoms with Crippen LogP contribution < -0.4 is 4.74 Å². The third kappa shape index (κ3) is 6.71. The molecule has 0 bridgehead atoms. The maximum atomic E-state index is 5.56. The van der Waals surface area contributed by atoms with E-state index < -0.39 is 0 Å². The largest absolute Gasteiger partial charge is 0.496 e. The van der Waals surface area contributed by atoms with Gasteiger partial charge in [0.2, 0.25) is 0 Å². The molecule has 5 nitrogen and oxygen atoms in total. The van der Waals surface area contributed by atoms with Crippen LogP contribution in [-0.4, -0.2) is 53.1 Å². The van der Waals surface area contributed by atoms with E-state index in [0.717, 1.165) is 54.7 Å². The lowest BCUT2D eigenvalue weighted by molar-refractivity contribution is 0.0826. The van der Waals surface area contributed by atoms with Crippen molar-refractivity contribution in [2.75, 3.05) is 33.3 Å². The summed E-state index contributed by atoms with van der Waals surface area (Å²) < 4.78 is 5.56. The van der Waals surface area contributed by atoms with E-state index in [1.807, 2.05) is 18.2 Å². The second-order valence-electron chi connectivity index (χ2n) is 9.27. The standard InChI is InChI=1S/C30H34N4O.3ClH/c1-22-28(32-30(31-22)26-16-10-11-17-27(26)35-3)23(2)33-18-20-34(21-19-33)29(24-12-6-4-7-13-24)25-14-8-5-9-15-25;;;/h4-17,23,29H,18-21H2,1-3H3,(H,31,32);3*1H. The van der Waals surface area contributed by atoms with Crippen molar-refractivity contribution in [3.05, 3.63) is 107 Å². The van der Waals surface area contributed by atoms with E-state index in [2.05, 4.69) is 95.4 Å². The minimum atomic E-state index is 0. The van der Waals surface area contributed by atoms with Crippen molar-refractivity contribution in [2.24, 2.45) is 0 Å². The molecule has 1 unspecified atom stereocenters. The summed E-state index contributed by atoms with van der Waals surface area (Å²) in [6.45, 7) is 8.44. The quantitative estimate of drug-likeness (QED) is 0.255. The van der Waals surface area contributed by atoms with Gasteiger partial charge >= 0.3 is 0 Å². The van der Waals surface area contributed by atoms with Gasteiger partial charge in [-0.3, -0.25) is 9.80 Å². The summed E-state index contributed by atoms with van der Waals surface area (Å²) in [6.07, 6.45) is 0. The molecule has 1 aliphatic rings.